The molecule has 1 aromatic carbocycles. The normalized spacial score (nSPS) is 26.8. The van der Waals surface area contributed by atoms with Crippen molar-refractivity contribution in [2.75, 3.05) is 6.54 Å². The minimum Gasteiger partial charge on any atom is -0.308 e. The van der Waals surface area contributed by atoms with E-state index in [9.17, 15) is 0 Å². The van der Waals surface area contributed by atoms with Crippen molar-refractivity contribution in [1.82, 2.24) is 5.32 Å². The zero-order valence-corrected chi connectivity index (χ0v) is 9.62. The van der Waals surface area contributed by atoms with E-state index in [1.807, 2.05) is 18.2 Å². The van der Waals surface area contributed by atoms with Crippen LogP contribution in [0.5, 0.6) is 0 Å². The molecule has 1 nitrogen and oxygen atoms in total. The summed E-state index contributed by atoms with van der Waals surface area (Å²) in [6.45, 7) is 3.23. The standard InChI is InChI=1S/C11H13Cl2N/c1-11(6-3-7-14-11)8-4-2-5-9(12)10(8)13/h2,4-5,14H,3,6-7H2,1H3. The van der Waals surface area contributed by atoms with Crippen LogP contribution >= 0.6 is 23.2 Å². The van der Waals surface area contributed by atoms with Crippen LogP contribution < -0.4 is 5.32 Å². The van der Waals surface area contributed by atoms with E-state index in [4.69, 9.17) is 23.2 Å². The van der Waals surface area contributed by atoms with Crippen LogP contribution in [-0.4, -0.2) is 6.54 Å². The van der Waals surface area contributed by atoms with Gasteiger partial charge < -0.3 is 5.32 Å². The molecular weight excluding hydrogens is 217 g/mol. The Hall–Kier alpha value is -0.240. The molecule has 14 heavy (non-hydrogen) atoms. The molecule has 0 aliphatic carbocycles. The Morgan fingerprint density at radius 3 is 2.79 bits per heavy atom. The van der Waals surface area contributed by atoms with Gasteiger partial charge in [-0.05, 0) is 37.9 Å². The van der Waals surface area contributed by atoms with Gasteiger partial charge in [0.15, 0.2) is 0 Å². The zero-order valence-electron chi connectivity index (χ0n) is 8.11. The molecule has 1 heterocycles. The Balaban J connectivity index is 2.45. The van der Waals surface area contributed by atoms with Crippen molar-refractivity contribution < 1.29 is 0 Å². The second-order valence-corrected chi connectivity index (χ2v) is 4.75. The van der Waals surface area contributed by atoms with E-state index in [0.717, 1.165) is 18.5 Å². The highest BCUT2D eigenvalue weighted by molar-refractivity contribution is 6.42. The van der Waals surface area contributed by atoms with Crippen LogP contribution in [0.25, 0.3) is 0 Å². The maximum atomic E-state index is 6.19. The fourth-order valence-electron chi connectivity index (χ4n) is 2.05. The Bertz CT molecular complexity index is 343. The fourth-order valence-corrected chi connectivity index (χ4v) is 2.56. The van der Waals surface area contributed by atoms with Crippen LogP contribution in [0, 0.1) is 0 Å². The molecule has 1 N–H and O–H groups in total. The van der Waals surface area contributed by atoms with Gasteiger partial charge in [0.25, 0.3) is 0 Å². The highest BCUT2D eigenvalue weighted by atomic mass is 35.5. The van der Waals surface area contributed by atoms with Gasteiger partial charge in [-0.1, -0.05) is 35.3 Å². The van der Waals surface area contributed by atoms with Crippen molar-refractivity contribution in [2.24, 2.45) is 0 Å². The van der Waals surface area contributed by atoms with Crippen LogP contribution in [0.15, 0.2) is 18.2 Å². The molecule has 3 heteroatoms. The van der Waals surface area contributed by atoms with Gasteiger partial charge in [0, 0.05) is 5.54 Å². The number of hydrogen-bond donors (Lipinski definition) is 1. The van der Waals surface area contributed by atoms with Gasteiger partial charge in [-0.25, -0.2) is 0 Å². The monoisotopic (exact) mass is 229 g/mol. The fraction of sp³-hybridized carbons (Fsp3) is 0.455. The Labute approximate surface area is 94.4 Å². The van der Waals surface area contributed by atoms with Crippen LogP contribution in [0.4, 0.5) is 0 Å². The Kier molecular flexibility index (Phi) is 2.74. The van der Waals surface area contributed by atoms with E-state index < -0.39 is 0 Å². The lowest BCUT2D eigenvalue weighted by Crippen LogP contribution is -2.33. The average Bonchev–Trinajstić information content (AvgIpc) is 2.58. The Morgan fingerprint density at radius 2 is 2.14 bits per heavy atom. The van der Waals surface area contributed by atoms with Crippen LogP contribution in [-0.2, 0) is 5.54 Å². The summed E-state index contributed by atoms with van der Waals surface area (Å²) in [5.41, 5.74) is 1.12. The lowest BCUT2D eigenvalue weighted by Gasteiger charge is -2.26. The smallest absolute Gasteiger partial charge is 0.0642 e. The summed E-state index contributed by atoms with van der Waals surface area (Å²) >= 11 is 12.2. The summed E-state index contributed by atoms with van der Waals surface area (Å²) in [6, 6.07) is 5.83. The van der Waals surface area contributed by atoms with Crippen molar-refractivity contribution in [3.05, 3.63) is 33.8 Å². The molecule has 1 aromatic rings. The molecule has 2 rings (SSSR count). The van der Waals surface area contributed by atoms with Gasteiger partial charge in [-0.15, -0.1) is 0 Å². The van der Waals surface area contributed by atoms with Crippen molar-refractivity contribution in [2.45, 2.75) is 25.3 Å². The van der Waals surface area contributed by atoms with E-state index >= 15 is 0 Å². The molecule has 1 saturated heterocycles. The maximum Gasteiger partial charge on any atom is 0.0642 e. The summed E-state index contributed by atoms with van der Waals surface area (Å²) in [5, 5.41) is 4.80. The van der Waals surface area contributed by atoms with E-state index in [1.165, 1.54) is 6.42 Å². The number of halogens is 2. The first-order valence-corrected chi connectivity index (χ1v) is 5.59. The third-order valence-corrected chi connectivity index (χ3v) is 3.73. The molecule has 0 bridgehead atoms. The summed E-state index contributed by atoms with van der Waals surface area (Å²) < 4.78 is 0. The molecule has 76 valence electrons. The quantitative estimate of drug-likeness (QED) is 0.777. The average molecular weight is 230 g/mol. The van der Waals surface area contributed by atoms with Crippen molar-refractivity contribution >= 4 is 23.2 Å². The highest BCUT2D eigenvalue weighted by Crippen LogP contribution is 2.37. The first-order valence-electron chi connectivity index (χ1n) is 4.83. The number of nitrogens with one attached hydrogen (secondary N) is 1. The van der Waals surface area contributed by atoms with Crippen LogP contribution in [0.3, 0.4) is 0 Å². The van der Waals surface area contributed by atoms with Gasteiger partial charge in [0.1, 0.15) is 0 Å². The zero-order chi connectivity index (χ0) is 10.2. The first-order chi connectivity index (χ1) is 6.63. The van der Waals surface area contributed by atoms with Gasteiger partial charge >= 0.3 is 0 Å². The minimum absolute atomic E-state index is 0.00197. The third kappa shape index (κ3) is 1.65. The van der Waals surface area contributed by atoms with Gasteiger partial charge in [0.2, 0.25) is 0 Å². The van der Waals surface area contributed by atoms with Gasteiger partial charge in [-0.2, -0.15) is 0 Å². The summed E-state index contributed by atoms with van der Waals surface area (Å²) in [4.78, 5) is 0. The first kappa shape index (κ1) is 10.3. The molecule has 0 saturated carbocycles. The van der Waals surface area contributed by atoms with E-state index in [1.54, 1.807) is 0 Å². The number of rotatable bonds is 1. The topological polar surface area (TPSA) is 12.0 Å². The van der Waals surface area contributed by atoms with E-state index in [2.05, 4.69) is 12.2 Å². The van der Waals surface area contributed by atoms with Crippen molar-refractivity contribution in [3.8, 4) is 0 Å². The predicted octanol–water partition coefficient (Wildman–Crippen LogP) is 3.59. The molecule has 1 aliphatic heterocycles. The molecule has 0 aromatic heterocycles. The molecule has 1 unspecified atom stereocenters. The molecule has 0 radical (unpaired) electrons. The van der Waals surface area contributed by atoms with Gasteiger partial charge in [-0.3, -0.25) is 0 Å². The largest absolute Gasteiger partial charge is 0.308 e. The Morgan fingerprint density at radius 1 is 1.36 bits per heavy atom. The SMILES string of the molecule is CC1(c2cccc(Cl)c2Cl)CCCN1. The van der Waals surface area contributed by atoms with Gasteiger partial charge in [0.05, 0.1) is 10.0 Å². The second-order valence-electron chi connectivity index (χ2n) is 3.96. The van der Waals surface area contributed by atoms with Crippen LogP contribution in [0.1, 0.15) is 25.3 Å². The maximum absolute atomic E-state index is 6.19. The van der Waals surface area contributed by atoms with Crippen LogP contribution in [0.2, 0.25) is 10.0 Å². The number of hydrogen-bond acceptors (Lipinski definition) is 1. The number of benzene rings is 1. The molecule has 0 spiro atoms. The van der Waals surface area contributed by atoms with Crippen molar-refractivity contribution in [3.63, 3.8) is 0 Å². The van der Waals surface area contributed by atoms with Crippen molar-refractivity contribution in [1.29, 1.82) is 0 Å². The van der Waals surface area contributed by atoms with E-state index in [-0.39, 0.29) is 5.54 Å². The third-order valence-electron chi connectivity index (χ3n) is 2.91. The minimum atomic E-state index is 0.00197. The highest BCUT2D eigenvalue weighted by Gasteiger charge is 2.32. The van der Waals surface area contributed by atoms with E-state index in [0.29, 0.717) is 10.0 Å². The lowest BCUT2D eigenvalue weighted by molar-refractivity contribution is 0.435. The predicted molar refractivity (Wildman–Crippen MR) is 61.1 cm³/mol. The summed E-state index contributed by atoms with van der Waals surface area (Å²) in [5.74, 6) is 0. The molecule has 1 fully saturated rings. The molecule has 0 amide bonds. The lowest BCUT2D eigenvalue weighted by atomic mass is 9.90. The summed E-state index contributed by atoms with van der Waals surface area (Å²) in [6.07, 6.45) is 2.31. The molecular formula is C11H13Cl2N. The second kappa shape index (κ2) is 3.73. The molecule has 1 aliphatic rings. The molecule has 1 atom stereocenters. The summed E-state index contributed by atoms with van der Waals surface area (Å²) in [7, 11) is 0.